The number of fused-ring (bicyclic) bond motifs is 3. The summed E-state index contributed by atoms with van der Waals surface area (Å²) in [4.78, 5) is 14.1. The minimum Gasteiger partial charge on any atom is -0.444 e. The van der Waals surface area contributed by atoms with Crippen molar-refractivity contribution in [1.29, 1.82) is 0 Å². The van der Waals surface area contributed by atoms with Crippen LogP contribution in [0.25, 0.3) is 0 Å². The molecule has 2 bridgehead atoms. The van der Waals surface area contributed by atoms with Gasteiger partial charge >= 0.3 is 12.3 Å². The van der Waals surface area contributed by atoms with Gasteiger partial charge in [-0.05, 0) is 50.0 Å². The topological polar surface area (TPSA) is 41.6 Å². The molecule has 0 radical (unpaired) electrons. The Hall–Kier alpha value is -1.76. The van der Waals surface area contributed by atoms with Gasteiger partial charge in [-0.3, -0.25) is 10.2 Å². The maximum Gasteiger partial charge on any atom is 0.416 e. The van der Waals surface area contributed by atoms with Gasteiger partial charge in [-0.1, -0.05) is 6.07 Å². The van der Waals surface area contributed by atoms with Gasteiger partial charge in [-0.15, -0.1) is 0 Å². The Morgan fingerprint density at radius 2 is 2.00 bits per heavy atom. The van der Waals surface area contributed by atoms with Crippen LogP contribution in [0.3, 0.4) is 0 Å². The molecule has 3 aliphatic heterocycles. The van der Waals surface area contributed by atoms with Crippen LogP contribution in [0.2, 0.25) is 0 Å². The van der Waals surface area contributed by atoms with Crippen LogP contribution in [-0.2, 0) is 10.9 Å². The van der Waals surface area contributed by atoms with Crippen molar-refractivity contribution in [3.8, 4) is 0 Å². The van der Waals surface area contributed by atoms with Crippen LogP contribution in [0, 0.1) is 5.92 Å². The van der Waals surface area contributed by atoms with E-state index in [4.69, 9.17) is 4.74 Å². The highest BCUT2D eigenvalue weighted by Crippen LogP contribution is 2.31. The van der Waals surface area contributed by atoms with Crippen molar-refractivity contribution in [1.82, 2.24) is 4.90 Å². The van der Waals surface area contributed by atoms with E-state index in [1.54, 1.807) is 0 Å². The van der Waals surface area contributed by atoms with E-state index >= 15 is 0 Å². The quantitative estimate of drug-likeness (QED) is 0.910. The molecule has 1 amide bonds. The Labute approximate surface area is 126 Å². The lowest BCUT2D eigenvalue weighted by Gasteiger charge is -2.43. The number of hydrogen-bond acceptors (Lipinski definition) is 3. The molecule has 0 saturated carbocycles. The first-order chi connectivity index (χ1) is 10.4. The second kappa shape index (κ2) is 5.79. The van der Waals surface area contributed by atoms with Gasteiger partial charge < -0.3 is 4.74 Å². The zero-order valence-corrected chi connectivity index (χ0v) is 11.9. The molecule has 7 heteroatoms. The van der Waals surface area contributed by atoms with Gasteiger partial charge in [0, 0.05) is 12.2 Å². The molecular formula is C15H17F3N2O2. The van der Waals surface area contributed by atoms with Crippen molar-refractivity contribution in [3.05, 3.63) is 29.8 Å². The van der Waals surface area contributed by atoms with Crippen molar-refractivity contribution < 1.29 is 22.7 Å². The van der Waals surface area contributed by atoms with Gasteiger partial charge in [0.2, 0.25) is 0 Å². The van der Waals surface area contributed by atoms with Crippen LogP contribution in [0.1, 0.15) is 18.4 Å². The molecule has 3 saturated heterocycles. The summed E-state index contributed by atoms with van der Waals surface area (Å²) in [5, 5.41) is 2.38. The average Bonchev–Trinajstić information content (AvgIpc) is 2.47. The minimum atomic E-state index is -4.43. The molecule has 4 nitrogen and oxygen atoms in total. The number of hydrogen-bond donors (Lipinski definition) is 1. The zero-order chi connectivity index (χ0) is 15.7. The number of rotatable bonds is 2. The molecule has 3 heterocycles. The number of ether oxygens (including phenoxy) is 1. The van der Waals surface area contributed by atoms with Crippen molar-refractivity contribution >= 4 is 11.8 Å². The van der Waals surface area contributed by atoms with E-state index in [2.05, 4.69) is 10.2 Å². The predicted octanol–water partition coefficient (Wildman–Crippen LogP) is 3.35. The number of benzene rings is 1. The predicted molar refractivity (Wildman–Crippen MR) is 74.5 cm³/mol. The minimum absolute atomic E-state index is 0.0844. The fraction of sp³-hybridized carbons (Fsp3) is 0.533. The maximum atomic E-state index is 12.6. The molecule has 1 aromatic carbocycles. The number of halogens is 3. The molecule has 1 atom stereocenters. The second-order valence-electron chi connectivity index (χ2n) is 5.79. The Balaban J connectivity index is 1.60. The first-order valence-corrected chi connectivity index (χ1v) is 7.29. The SMILES string of the molecule is O=C(Nc1cccc(C(F)(F)F)c1)O[C@@H]1CN2CCC1CC2. The first kappa shape index (κ1) is 15.1. The van der Waals surface area contributed by atoms with Gasteiger partial charge in [0.25, 0.3) is 0 Å². The molecule has 1 aromatic rings. The molecule has 1 N–H and O–H groups in total. The van der Waals surface area contributed by atoms with Gasteiger partial charge in [-0.25, -0.2) is 4.79 Å². The van der Waals surface area contributed by atoms with E-state index in [0.717, 1.165) is 38.1 Å². The fourth-order valence-corrected chi connectivity index (χ4v) is 3.10. The van der Waals surface area contributed by atoms with Crippen LogP contribution in [-0.4, -0.2) is 36.7 Å². The van der Waals surface area contributed by atoms with Crippen molar-refractivity contribution in [2.24, 2.45) is 5.92 Å². The number of nitrogens with one attached hydrogen (secondary N) is 1. The Morgan fingerprint density at radius 1 is 1.27 bits per heavy atom. The average molecular weight is 314 g/mol. The molecule has 0 unspecified atom stereocenters. The van der Waals surface area contributed by atoms with E-state index in [9.17, 15) is 18.0 Å². The lowest BCUT2D eigenvalue weighted by atomic mass is 9.86. The van der Waals surface area contributed by atoms with Crippen molar-refractivity contribution in [2.45, 2.75) is 25.1 Å². The molecule has 3 aliphatic rings. The molecular weight excluding hydrogens is 297 g/mol. The third kappa shape index (κ3) is 3.35. The standard InChI is InChI=1S/C15H17F3N2O2/c16-15(17,18)11-2-1-3-12(8-11)19-14(21)22-13-9-20-6-4-10(13)5-7-20/h1-3,8,10,13H,4-7,9H2,(H,19,21)/t13-/m1/s1. The first-order valence-electron chi connectivity index (χ1n) is 7.29. The normalized spacial score (nSPS) is 27.5. The summed E-state index contributed by atoms with van der Waals surface area (Å²) in [5.41, 5.74) is -0.714. The van der Waals surface area contributed by atoms with E-state index in [-0.39, 0.29) is 11.8 Å². The number of nitrogens with zero attached hydrogens (tertiary/aromatic N) is 1. The van der Waals surface area contributed by atoms with E-state index in [0.29, 0.717) is 12.5 Å². The van der Waals surface area contributed by atoms with Crippen LogP contribution in [0.5, 0.6) is 0 Å². The third-order valence-electron chi connectivity index (χ3n) is 4.29. The number of amides is 1. The van der Waals surface area contributed by atoms with Gasteiger partial charge in [0.05, 0.1) is 5.56 Å². The molecule has 4 rings (SSSR count). The molecule has 3 fully saturated rings. The monoisotopic (exact) mass is 314 g/mol. The van der Waals surface area contributed by atoms with E-state index in [1.165, 1.54) is 12.1 Å². The van der Waals surface area contributed by atoms with Gasteiger partial charge in [-0.2, -0.15) is 13.2 Å². The smallest absolute Gasteiger partial charge is 0.416 e. The molecule has 120 valence electrons. The van der Waals surface area contributed by atoms with E-state index < -0.39 is 17.8 Å². The van der Waals surface area contributed by atoms with Crippen molar-refractivity contribution in [2.75, 3.05) is 25.0 Å². The largest absolute Gasteiger partial charge is 0.444 e. The van der Waals surface area contributed by atoms with Crippen LogP contribution in [0.15, 0.2) is 24.3 Å². The zero-order valence-electron chi connectivity index (χ0n) is 11.9. The number of alkyl halides is 3. The fourth-order valence-electron chi connectivity index (χ4n) is 3.10. The number of piperidine rings is 3. The van der Waals surface area contributed by atoms with Crippen LogP contribution >= 0.6 is 0 Å². The summed E-state index contributed by atoms with van der Waals surface area (Å²) < 4.78 is 43.3. The lowest BCUT2D eigenvalue weighted by molar-refractivity contribution is -0.137. The highest BCUT2D eigenvalue weighted by Gasteiger charge is 2.36. The summed E-state index contributed by atoms with van der Waals surface area (Å²) in [6, 6.07) is 4.53. The Morgan fingerprint density at radius 3 is 2.59 bits per heavy atom. The molecule has 0 aliphatic carbocycles. The second-order valence-corrected chi connectivity index (χ2v) is 5.79. The molecule has 0 spiro atoms. The third-order valence-corrected chi connectivity index (χ3v) is 4.29. The summed E-state index contributed by atoms with van der Waals surface area (Å²) in [5.74, 6) is 0.359. The maximum absolute atomic E-state index is 12.6. The van der Waals surface area contributed by atoms with Gasteiger partial charge in [0.1, 0.15) is 6.10 Å². The highest BCUT2D eigenvalue weighted by atomic mass is 19.4. The number of anilines is 1. The summed E-state index contributed by atoms with van der Waals surface area (Å²) >= 11 is 0. The lowest BCUT2D eigenvalue weighted by Crippen LogP contribution is -2.52. The molecule has 0 aromatic heterocycles. The number of carbonyl (C=O) groups is 1. The Kier molecular flexibility index (Phi) is 3.99. The summed E-state index contributed by atoms with van der Waals surface area (Å²) in [6.45, 7) is 2.76. The van der Waals surface area contributed by atoms with E-state index in [1.807, 2.05) is 0 Å². The van der Waals surface area contributed by atoms with Gasteiger partial charge in [0.15, 0.2) is 0 Å². The van der Waals surface area contributed by atoms with Crippen molar-refractivity contribution in [3.63, 3.8) is 0 Å². The highest BCUT2D eigenvalue weighted by molar-refractivity contribution is 5.84. The number of carbonyl (C=O) groups excluding carboxylic acids is 1. The van der Waals surface area contributed by atoms with Crippen LogP contribution < -0.4 is 5.32 Å². The summed E-state index contributed by atoms with van der Waals surface area (Å²) in [6.07, 6.45) is -3.30. The Bertz CT molecular complexity index is 554. The summed E-state index contributed by atoms with van der Waals surface area (Å²) in [7, 11) is 0. The van der Waals surface area contributed by atoms with Crippen LogP contribution in [0.4, 0.5) is 23.7 Å². The molecule has 22 heavy (non-hydrogen) atoms.